The molecule has 1 saturated carbocycles. The SMILES string of the molecule is C=C1CC(C2CC2N)CCN1. The zero-order valence-electron chi connectivity index (χ0n) is 6.84. The quantitative estimate of drug-likeness (QED) is 0.584. The van der Waals surface area contributed by atoms with Gasteiger partial charge in [0.05, 0.1) is 0 Å². The molecule has 3 N–H and O–H groups in total. The van der Waals surface area contributed by atoms with Crippen LogP contribution < -0.4 is 11.1 Å². The Labute approximate surface area is 67.8 Å². The smallest absolute Gasteiger partial charge is 0.0146 e. The summed E-state index contributed by atoms with van der Waals surface area (Å²) in [5.41, 5.74) is 7.00. The second kappa shape index (κ2) is 2.52. The fourth-order valence-corrected chi connectivity index (χ4v) is 2.07. The summed E-state index contributed by atoms with van der Waals surface area (Å²) in [7, 11) is 0. The van der Waals surface area contributed by atoms with Gasteiger partial charge in [0.1, 0.15) is 0 Å². The lowest BCUT2D eigenvalue weighted by Gasteiger charge is -2.24. The van der Waals surface area contributed by atoms with Gasteiger partial charge in [0.2, 0.25) is 0 Å². The molecule has 1 heterocycles. The van der Waals surface area contributed by atoms with Crippen molar-refractivity contribution in [1.29, 1.82) is 0 Å². The van der Waals surface area contributed by atoms with Crippen LogP contribution in [0.5, 0.6) is 0 Å². The van der Waals surface area contributed by atoms with Crippen LogP contribution in [-0.2, 0) is 0 Å². The van der Waals surface area contributed by atoms with Gasteiger partial charge in [-0.3, -0.25) is 0 Å². The van der Waals surface area contributed by atoms with Crippen LogP contribution in [0.15, 0.2) is 12.3 Å². The van der Waals surface area contributed by atoms with E-state index in [2.05, 4.69) is 11.9 Å². The van der Waals surface area contributed by atoms with Crippen LogP contribution in [0.3, 0.4) is 0 Å². The van der Waals surface area contributed by atoms with Crippen molar-refractivity contribution < 1.29 is 0 Å². The first-order valence-electron chi connectivity index (χ1n) is 4.44. The summed E-state index contributed by atoms with van der Waals surface area (Å²) in [5.74, 6) is 1.65. The van der Waals surface area contributed by atoms with Gasteiger partial charge in [-0.1, -0.05) is 6.58 Å². The van der Waals surface area contributed by atoms with Crippen LogP contribution in [0.25, 0.3) is 0 Å². The van der Waals surface area contributed by atoms with Gasteiger partial charge >= 0.3 is 0 Å². The Morgan fingerprint density at radius 3 is 2.82 bits per heavy atom. The number of rotatable bonds is 1. The second-order valence-corrected chi connectivity index (χ2v) is 3.85. The van der Waals surface area contributed by atoms with Crippen molar-refractivity contribution in [3.8, 4) is 0 Å². The minimum atomic E-state index is 0.505. The lowest BCUT2D eigenvalue weighted by molar-refractivity contribution is 0.369. The van der Waals surface area contributed by atoms with E-state index in [1.165, 1.54) is 18.5 Å². The van der Waals surface area contributed by atoms with E-state index in [1.54, 1.807) is 0 Å². The number of hydrogen-bond donors (Lipinski definition) is 2. The average molecular weight is 152 g/mol. The summed E-state index contributed by atoms with van der Waals surface area (Å²) in [4.78, 5) is 0. The number of piperidine rings is 1. The summed E-state index contributed by atoms with van der Waals surface area (Å²) >= 11 is 0. The molecule has 2 nitrogen and oxygen atoms in total. The second-order valence-electron chi connectivity index (χ2n) is 3.85. The highest BCUT2D eigenvalue weighted by atomic mass is 14.9. The van der Waals surface area contributed by atoms with E-state index in [4.69, 9.17) is 5.73 Å². The van der Waals surface area contributed by atoms with Crippen molar-refractivity contribution in [2.24, 2.45) is 17.6 Å². The molecule has 0 radical (unpaired) electrons. The van der Waals surface area contributed by atoms with Crippen molar-refractivity contribution >= 4 is 0 Å². The number of nitrogens with two attached hydrogens (primary N) is 1. The fraction of sp³-hybridized carbons (Fsp3) is 0.778. The van der Waals surface area contributed by atoms with Gasteiger partial charge in [0, 0.05) is 18.3 Å². The zero-order chi connectivity index (χ0) is 7.84. The number of nitrogens with one attached hydrogen (secondary N) is 1. The van der Waals surface area contributed by atoms with E-state index in [1.807, 2.05) is 0 Å². The number of allylic oxidation sites excluding steroid dienone is 1. The molecule has 0 spiro atoms. The third-order valence-electron chi connectivity index (χ3n) is 2.90. The van der Waals surface area contributed by atoms with Crippen molar-refractivity contribution in [2.45, 2.75) is 25.3 Å². The van der Waals surface area contributed by atoms with Crippen LogP contribution in [0.4, 0.5) is 0 Å². The summed E-state index contributed by atoms with van der Waals surface area (Å²) in [5, 5.41) is 3.27. The Balaban J connectivity index is 1.89. The van der Waals surface area contributed by atoms with Gasteiger partial charge in [0.25, 0.3) is 0 Å². The zero-order valence-corrected chi connectivity index (χ0v) is 6.84. The Bertz CT molecular complexity index is 176. The fourth-order valence-electron chi connectivity index (χ4n) is 2.07. The highest BCUT2D eigenvalue weighted by molar-refractivity contribution is 5.04. The van der Waals surface area contributed by atoms with Crippen molar-refractivity contribution in [1.82, 2.24) is 5.32 Å². The Morgan fingerprint density at radius 2 is 2.27 bits per heavy atom. The largest absolute Gasteiger partial charge is 0.389 e. The monoisotopic (exact) mass is 152 g/mol. The standard InChI is InChI=1S/C9H16N2/c1-6-4-7(2-3-11-6)8-5-9(8)10/h7-9,11H,1-5,10H2. The maximum atomic E-state index is 5.79. The Morgan fingerprint density at radius 1 is 1.55 bits per heavy atom. The molecule has 11 heavy (non-hydrogen) atoms. The lowest BCUT2D eigenvalue weighted by Crippen LogP contribution is -2.27. The summed E-state index contributed by atoms with van der Waals surface area (Å²) < 4.78 is 0. The molecule has 0 aromatic carbocycles. The third kappa shape index (κ3) is 1.41. The van der Waals surface area contributed by atoms with Crippen molar-refractivity contribution in [2.75, 3.05) is 6.54 Å². The van der Waals surface area contributed by atoms with Crippen LogP contribution in [0, 0.1) is 11.8 Å². The highest BCUT2D eigenvalue weighted by Gasteiger charge is 2.40. The van der Waals surface area contributed by atoms with Crippen LogP contribution >= 0.6 is 0 Å². The molecule has 1 aliphatic heterocycles. The molecule has 2 rings (SSSR count). The van der Waals surface area contributed by atoms with Crippen LogP contribution in [0.1, 0.15) is 19.3 Å². The van der Waals surface area contributed by atoms with E-state index < -0.39 is 0 Å². The molecule has 1 saturated heterocycles. The minimum Gasteiger partial charge on any atom is -0.389 e. The molecular formula is C9H16N2. The van der Waals surface area contributed by atoms with Gasteiger partial charge in [0.15, 0.2) is 0 Å². The molecular weight excluding hydrogens is 136 g/mol. The molecule has 0 bridgehead atoms. The topological polar surface area (TPSA) is 38.0 Å². The van der Waals surface area contributed by atoms with E-state index in [0.717, 1.165) is 24.8 Å². The van der Waals surface area contributed by atoms with Crippen LogP contribution in [-0.4, -0.2) is 12.6 Å². The predicted molar refractivity (Wildman–Crippen MR) is 45.9 cm³/mol. The molecule has 0 aromatic heterocycles. The molecule has 62 valence electrons. The number of hydrogen-bond acceptors (Lipinski definition) is 2. The van der Waals surface area contributed by atoms with Crippen molar-refractivity contribution in [3.05, 3.63) is 12.3 Å². The highest BCUT2D eigenvalue weighted by Crippen LogP contribution is 2.41. The molecule has 2 aliphatic rings. The van der Waals surface area contributed by atoms with Gasteiger partial charge in [-0.05, 0) is 31.1 Å². The van der Waals surface area contributed by atoms with Crippen LogP contribution in [0.2, 0.25) is 0 Å². The maximum Gasteiger partial charge on any atom is 0.0146 e. The first-order valence-corrected chi connectivity index (χ1v) is 4.44. The Kier molecular flexibility index (Phi) is 1.64. The minimum absolute atomic E-state index is 0.505. The van der Waals surface area contributed by atoms with Gasteiger partial charge < -0.3 is 11.1 Å². The molecule has 3 unspecified atom stereocenters. The van der Waals surface area contributed by atoms with E-state index in [0.29, 0.717) is 6.04 Å². The van der Waals surface area contributed by atoms with E-state index >= 15 is 0 Å². The molecule has 2 fully saturated rings. The Hall–Kier alpha value is -0.500. The molecule has 0 amide bonds. The molecule has 0 aromatic rings. The lowest BCUT2D eigenvalue weighted by atomic mass is 9.91. The maximum absolute atomic E-state index is 5.79. The van der Waals surface area contributed by atoms with Gasteiger partial charge in [-0.15, -0.1) is 0 Å². The summed E-state index contributed by atoms with van der Waals surface area (Å²) in [6, 6.07) is 0.505. The van der Waals surface area contributed by atoms with Gasteiger partial charge in [-0.25, -0.2) is 0 Å². The first kappa shape index (κ1) is 7.17. The predicted octanol–water partition coefficient (Wildman–Crippen LogP) is 0.847. The third-order valence-corrected chi connectivity index (χ3v) is 2.90. The summed E-state index contributed by atoms with van der Waals surface area (Å²) in [6.07, 6.45) is 3.69. The van der Waals surface area contributed by atoms with Crippen molar-refractivity contribution in [3.63, 3.8) is 0 Å². The first-order chi connectivity index (χ1) is 5.27. The normalized spacial score (nSPS) is 43.4. The molecule has 3 atom stereocenters. The van der Waals surface area contributed by atoms with E-state index in [-0.39, 0.29) is 0 Å². The average Bonchev–Trinajstić information content (AvgIpc) is 2.67. The molecule has 1 aliphatic carbocycles. The van der Waals surface area contributed by atoms with E-state index in [9.17, 15) is 0 Å². The molecule has 2 heteroatoms. The summed E-state index contributed by atoms with van der Waals surface area (Å²) in [6.45, 7) is 5.05. The van der Waals surface area contributed by atoms with Gasteiger partial charge in [-0.2, -0.15) is 0 Å².